The summed E-state index contributed by atoms with van der Waals surface area (Å²) in [7, 11) is -3.89. The first kappa shape index (κ1) is 21.7. The van der Waals surface area contributed by atoms with Crippen molar-refractivity contribution in [1.29, 1.82) is 0 Å². The minimum Gasteiger partial charge on any atom is -0.354 e. The summed E-state index contributed by atoms with van der Waals surface area (Å²) in [4.78, 5) is 12.7. The summed E-state index contributed by atoms with van der Waals surface area (Å²) in [5.41, 5.74) is -0.523. The molecule has 7 nitrogen and oxygen atoms in total. The number of rotatable bonds is 6. The van der Waals surface area contributed by atoms with E-state index in [1.165, 1.54) is 4.31 Å². The lowest BCUT2D eigenvalue weighted by atomic mass is 10.1. The molecule has 1 aromatic rings. The Kier molecular flexibility index (Phi) is 5.98. The van der Waals surface area contributed by atoms with E-state index < -0.39 is 34.4 Å². The van der Waals surface area contributed by atoms with E-state index in [2.05, 4.69) is 0 Å². The van der Waals surface area contributed by atoms with Gasteiger partial charge >= 0.3 is 6.18 Å². The molecule has 0 bridgehead atoms. The first-order valence-corrected chi connectivity index (χ1v) is 11.4. The molecule has 0 saturated carbocycles. The molecule has 12 heteroatoms. The molecule has 2 heterocycles. The minimum absolute atomic E-state index is 0.106. The molecule has 1 saturated heterocycles. The summed E-state index contributed by atoms with van der Waals surface area (Å²) in [5, 5.41) is 10.8. The lowest BCUT2D eigenvalue weighted by molar-refractivity contribution is -0.206. The van der Waals surface area contributed by atoms with E-state index in [1.54, 1.807) is 0 Å². The fourth-order valence-electron chi connectivity index (χ4n) is 3.33. The van der Waals surface area contributed by atoms with Crippen LogP contribution in [0.2, 0.25) is 0 Å². The van der Waals surface area contributed by atoms with Gasteiger partial charge in [0.2, 0.25) is 10.0 Å². The number of amides is 1. The number of carbonyl (C=O) groups is 1. The maximum atomic E-state index is 12.9. The van der Waals surface area contributed by atoms with Crippen molar-refractivity contribution in [3.63, 3.8) is 0 Å². The van der Waals surface area contributed by atoms with Crippen molar-refractivity contribution in [3.05, 3.63) is 23.8 Å². The number of halogens is 4. The number of hydrogen-bond acceptors (Lipinski definition) is 5. The SMILES string of the molecule is O=C1N(CC(F)(F)F)c2ccc(S(=O)(=O)N3CCCC3)cc2C1(O)OCCI. The van der Waals surface area contributed by atoms with Crippen molar-refractivity contribution in [2.24, 2.45) is 0 Å². The molecule has 0 aliphatic carbocycles. The van der Waals surface area contributed by atoms with Gasteiger partial charge in [0.1, 0.15) is 6.54 Å². The molecule has 0 aromatic heterocycles. The predicted molar refractivity (Wildman–Crippen MR) is 102 cm³/mol. The molecular weight excluding hydrogens is 516 g/mol. The molecule has 2 aliphatic rings. The Bertz CT molecular complexity index is 874. The predicted octanol–water partition coefficient (Wildman–Crippen LogP) is 1.98. The van der Waals surface area contributed by atoms with Crippen LogP contribution in [0.1, 0.15) is 18.4 Å². The third kappa shape index (κ3) is 3.88. The average Bonchev–Trinajstić information content (AvgIpc) is 3.23. The smallest absolute Gasteiger partial charge is 0.354 e. The van der Waals surface area contributed by atoms with Crippen molar-refractivity contribution < 1.29 is 36.2 Å². The number of ether oxygens (including phenoxy) is 1. The number of sulfonamides is 1. The van der Waals surface area contributed by atoms with Crippen molar-refractivity contribution >= 4 is 44.2 Å². The first-order valence-electron chi connectivity index (χ1n) is 8.46. The zero-order valence-electron chi connectivity index (χ0n) is 14.6. The highest BCUT2D eigenvalue weighted by molar-refractivity contribution is 14.1. The second-order valence-electron chi connectivity index (χ2n) is 6.48. The molecule has 3 rings (SSSR count). The molecule has 1 atom stereocenters. The molecule has 1 amide bonds. The molecule has 1 unspecified atom stereocenters. The van der Waals surface area contributed by atoms with Crippen molar-refractivity contribution in [2.75, 3.05) is 35.6 Å². The topological polar surface area (TPSA) is 87.2 Å². The van der Waals surface area contributed by atoms with Gasteiger partial charge in [-0.3, -0.25) is 9.69 Å². The largest absolute Gasteiger partial charge is 0.406 e. The van der Waals surface area contributed by atoms with E-state index in [9.17, 15) is 31.5 Å². The second-order valence-corrected chi connectivity index (χ2v) is 9.49. The molecule has 28 heavy (non-hydrogen) atoms. The van der Waals surface area contributed by atoms with Crippen LogP contribution < -0.4 is 4.90 Å². The second kappa shape index (κ2) is 7.70. The maximum Gasteiger partial charge on any atom is 0.406 e. The van der Waals surface area contributed by atoms with Crippen molar-refractivity contribution in [3.8, 4) is 0 Å². The van der Waals surface area contributed by atoms with Gasteiger partial charge in [0.05, 0.1) is 17.2 Å². The zero-order valence-corrected chi connectivity index (χ0v) is 17.6. The molecule has 1 N–H and O–H groups in total. The van der Waals surface area contributed by atoms with Gasteiger partial charge in [-0.2, -0.15) is 17.5 Å². The highest BCUT2D eigenvalue weighted by atomic mass is 127. The average molecular weight is 534 g/mol. The van der Waals surface area contributed by atoms with Gasteiger partial charge in [-0.25, -0.2) is 8.42 Å². The van der Waals surface area contributed by atoms with Crippen LogP contribution in [0.4, 0.5) is 18.9 Å². The van der Waals surface area contributed by atoms with Crippen LogP contribution >= 0.6 is 22.6 Å². The molecular formula is C16H18F3IN2O5S. The van der Waals surface area contributed by atoms with Gasteiger partial charge in [-0.1, -0.05) is 22.6 Å². The Morgan fingerprint density at radius 1 is 1.25 bits per heavy atom. The first-order chi connectivity index (χ1) is 13.0. The number of benzene rings is 1. The third-order valence-corrected chi connectivity index (χ3v) is 6.92. The number of carbonyl (C=O) groups excluding carboxylic acids is 1. The Morgan fingerprint density at radius 3 is 2.46 bits per heavy atom. The van der Waals surface area contributed by atoms with Crippen molar-refractivity contribution in [1.82, 2.24) is 4.31 Å². The minimum atomic E-state index is -4.71. The zero-order chi connectivity index (χ0) is 20.7. The number of alkyl halides is 4. The summed E-state index contributed by atoms with van der Waals surface area (Å²) in [6.07, 6.45) is -3.28. The van der Waals surface area contributed by atoms with Gasteiger partial charge in [-0.05, 0) is 31.0 Å². The third-order valence-electron chi connectivity index (χ3n) is 4.59. The van der Waals surface area contributed by atoms with E-state index in [-0.39, 0.29) is 22.8 Å². The number of aliphatic hydroxyl groups is 1. The Labute approximate surface area is 173 Å². The van der Waals surface area contributed by atoms with Gasteiger partial charge in [0.15, 0.2) is 0 Å². The number of anilines is 1. The highest BCUT2D eigenvalue weighted by Gasteiger charge is 2.54. The Hall–Kier alpha value is -0.960. The molecule has 0 spiro atoms. The van der Waals surface area contributed by atoms with Crippen LogP contribution in [0, 0.1) is 0 Å². The fraction of sp³-hybridized carbons (Fsp3) is 0.562. The van der Waals surface area contributed by atoms with Crippen molar-refractivity contribution in [2.45, 2.75) is 29.7 Å². The Balaban J connectivity index is 2.08. The summed E-state index contributed by atoms with van der Waals surface area (Å²) in [6, 6.07) is 3.28. The molecule has 0 radical (unpaired) electrons. The number of nitrogens with zero attached hydrogens (tertiary/aromatic N) is 2. The van der Waals surface area contributed by atoms with Gasteiger partial charge in [-0.15, -0.1) is 0 Å². The van der Waals surface area contributed by atoms with E-state index in [4.69, 9.17) is 4.74 Å². The fourth-order valence-corrected chi connectivity index (χ4v) is 5.09. The number of fused-ring (bicyclic) bond motifs is 1. The summed E-state index contributed by atoms with van der Waals surface area (Å²) < 4.78 is 71.2. The normalized spacial score (nSPS) is 23.5. The lowest BCUT2D eigenvalue weighted by Gasteiger charge is -2.23. The summed E-state index contributed by atoms with van der Waals surface area (Å²) in [6.45, 7) is -1.04. The van der Waals surface area contributed by atoms with Crippen LogP contribution in [0.5, 0.6) is 0 Å². The van der Waals surface area contributed by atoms with Crippen LogP contribution in [-0.4, -0.2) is 60.6 Å². The maximum absolute atomic E-state index is 12.9. The highest BCUT2D eigenvalue weighted by Crippen LogP contribution is 2.43. The van der Waals surface area contributed by atoms with Gasteiger partial charge < -0.3 is 9.84 Å². The van der Waals surface area contributed by atoms with Gasteiger partial charge in [0, 0.05) is 23.1 Å². The van der Waals surface area contributed by atoms with Crippen LogP contribution in [0.15, 0.2) is 23.1 Å². The lowest BCUT2D eigenvalue weighted by Crippen LogP contribution is -2.45. The monoisotopic (exact) mass is 534 g/mol. The van der Waals surface area contributed by atoms with E-state index in [0.717, 1.165) is 18.2 Å². The summed E-state index contributed by atoms with van der Waals surface area (Å²) >= 11 is 1.92. The van der Waals surface area contributed by atoms with E-state index in [1.807, 2.05) is 22.6 Å². The van der Waals surface area contributed by atoms with Crippen LogP contribution in [-0.2, 0) is 25.3 Å². The van der Waals surface area contributed by atoms with E-state index >= 15 is 0 Å². The standard InChI is InChI=1S/C16H18F3IN2O5S/c17-15(18,19)10-22-13-4-3-11(28(25,26)21-6-1-2-7-21)9-12(13)16(24,14(22)23)27-8-5-20/h3-4,9,24H,1-2,5-8,10H2. The summed E-state index contributed by atoms with van der Waals surface area (Å²) in [5.74, 6) is -3.96. The molecule has 2 aliphatic heterocycles. The molecule has 1 fully saturated rings. The molecule has 1 aromatic carbocycles. The van der Waals surface area contributed by atoms with Crippen LogP contribution in [0.25, 0.3) is 0 Å². The Morgan fingerprint density at radius 2 is 1.89 bits per heavy atom. The van der Waals surface area contributed by atoms with Gasteiger partial charge in [0.25, 0.3) is 11.7 Å². The van der Waals surface area contributed by atoms with Crippen LogP contribution in [0.3, 0.4) is 0 Å². The molecule has 156 valence electrons. The quantitative estimate of drug-likeness (QED) is 0.343. The van der Waals surface area contributed by atoms with E-state index in [0.29, 0.717) is 35.3 Å². The number of hydrogen-bond donors (Lipinski definition) is 1.